The number of hydrogen-bond donors (Lipinski definition) is 1. The van der Waals surface area contributed by atoms with Crippen molar-refractivity contribution in [2.75, 3.05) is 6.26 Å². The summed E-state index contributed by atoms with van der Waals surface area (Å²) in [5.74, 6) is -0.866. The van der Waals surface area contributed by atoms with Crippen LogP contribution in [0.25, 0.3) is 11.1 Å². The van der Waals surface area contributed by atoms with Gasteiger partial charge < -0.3 is 5.11 Å². The van der Waals surface area contributed by atoms with Crippen molar-refractivity contribution in [1.82, 2.24) is 0 Å². The van der Waals surface area contributed by atoms with Crippen LogP contribution < -0.4 is 0 Å². The van der Waals surface area contributed by atoms with Gasteiger partial charge in [0.1, 0.15) is 4.88 Å². The van der Waals surface area contributed by atoms with Crippen LogP contribution in [0.4, 0.5) is 0 Å². The van der Waals surface area contributed by atoms with E-state index in [9.17, 15) is 4.79 Å². The highest BCUT2D eigenvalue weighted by atomic mass is 79.9. The van der Waals surface area contributed by atoms with Crippen molar-refractivity contribution in [3.63, 3.8) is 0 Å². The van der Waals surface area contributed by atoms with E-state index < -0.39 is 5.97 Å². The van der Waals surface area contributed by atoms with Gasteiger partial charge >= 0.3 is 5.97 Å². The highest BCUT2D eigenvalue weighted by molar-refractivity contribution is 9.10. The normalized spacial score (nSPS) is 10.6. The number of hydrogen-bond acceptors (Lipinski definition) is 3. The standard InChI is InChI=1S/C13H11BrO2S2/c1-7-8(4-3-5-10(7)14)9-6-11(12(15)16)18-13(9)17-2/h3-6H,1-2H3,(H,15,16). The molecule has 0 bridgehead atoms. The number of halogens is 1. The Morgan fingerprint density at radius 2 is 2.11 bits per heavy atom. The van der Waals surface area contributed by atoms with Gasteiger partial charge in [-0.15, -0.1) is 23.1 Å². The van der Waals surface area contributed by atoms with Crippen LogP contribution >= 0.6 is 39.0 Å². The molecule has 1 heterocycles. The van der Waals surface area contributed by atoms with Gasteiger partial charge in [0.25, 0.3) is 0 Å². The molecule has 18 heavy (non-hydrogen) atoms. The second kappa shape index (κ2) is 5.47. The number of aromatic carboxylic acids is 1. The minimum absolute atomic E-state index is 0.383. The van der Waals surface area contributed by atoms with Crippen molar-refractivity contribution in [3.05, 3.63) is 39.2 Å². The molecule has 1 aromatic heterocycles. The molecule has 0 unspecified atom stereocenters. The predicted octanol–water partition coefficient (Wildman–Crippen LogP) is 4.91. The molecule has 1 aromatic carbocycles. The Balaban J connectivity index is 2.63. The Labute approximate surface area is 122 Å². The Morgan fingerprint density at radius 3 is 2.72 bits per heavy atom. The van der Waals surface area contributed by atoms with Crippen LogP contribution in [0.5, 0.6) is 0 Å². The molecule has 0 aliphatic rings. The smallest absolute Gasteiger partial charge is 0.345 e. The molecule has 1 N–H and O–H groups in total. The largest absolute Gasteiger partial charge is 0.477 e. The number of carboxylic acid groups (broad SMARTS) is 1. The fraction of sp³-hybridized carbons (Fsp3) is 0.154. The van der Waals surface area contributed by atoms with Gasteiger partial charge in [-0.25, -0.2) is 4.79 Å². The van der Waals surface area contributed by atoms with Crippen LogP contribution in [-0.2, 0) is 0 Å². The first-order valence-electron chi connectivity index (χ1n) is 5.21. The maximum atomic E-state index is 11.1. The van der Waals surface area contributed by atoms with E-state index in [1.807, 2.05) is 31.4 Å². The first-order valence-corrected chi connectivity index (χ1v) is 8.04. The molecule has 0 spiro atoms. The summed E-state index contributed by atoms with van der Waals surface area (Å²) in [5.41, 5.74) is 3.21. The van der Waals surface area contributed by atoms with Crippen molar-refractivity contribution in [2.24, 2.45) is 0 Å². The summed E-state index contributed by atoms with van der Waals surface area (Å²) in [6.07, 6.45) is 1.97. The number of benzene rings is 1. The molecular formula is C13H11BrO2S2. The van der Waals surface area contributed by atoms with Crippen LogP contribution in [0.2, 0.25) is 0 Å². The van der Waals surface area contributed by atoms with Gasteiger partial charge in [-0.05, 0) is 36.4 Å². The minimum Gasteiger partial charge on any atom is -0.477 e. The molecule has 0 atom stereocenters. The molecule has 0 fully saturated rings. The zero-order valence-electron chi connectivity index (χ0n) is 9.86. The lowest BCUT2D eigenvalue weighted by Gasteiger charge is -2.07. The molecule has 0 saturated carbocycles. The lowest BCUT2D eigenvalue weighted by atomic mass is 10.0. The summed E-state index contributed by atoms with van der Waals surface area (Å²) in [5, 5.41) is 9.08. The predicted molar refractivity (Wildman–Crippen MR) is 80.9 cm³/mol. The summed E-state index contributed by atoms with van der Waals surface area (Å²) < 4.78 is 2.07. The second-order valence-electron chi connectivity index (χ2n) is 3.73. The van der Waals surface area contributed by atoms with Crippen LogP contribution in [0, 0.1) is 6.92 Å². The molecule has 2 rings (SSSR count). The maximum absolute atomic E-state index is 11.1. The van der Waals surface area contributed by atoms with E-state index in [0.29, 0.717) is 4.88 Å². The Morgan fingerprint density at radius 1 is 1.39 bits per heavy atom. The highest BCUT2D eigenvalue weighted by Crippen LogP contribution is 2.40. The Bertz CT molecular complexity index is 605. The number of carbonyl (C=O) groups is 1. The Kier molecular flexibility index (Phi) is 4.14. The van der Waals surface area contributed by atoms with Gasteiger partial charge in [0.05, 0.1) is 4.21 Å². The van der Waals surface area contributed by atoms with Gasteiger partial charge in [-0.3, -0.25) is 0 Å². The summed E-state index contributed by atoms with van der Waals surface area (Å²) in [7, 11) is 0. The van der Waals surface area contributed by atoms with Crippen molar-refractivity contribution >= 4 is 45.0 Å². The zero-order chi connectivity index (χ0) is 13.3. The van der Waals surface area contributed by atoms with Gasteiger partial charge in [-0.2, -0.15) is 0 Å². The van der Waals surface area contributed by atoms with Crippen molar-refractivity contribution in [3.8, 4) is 11.1 Å². The number of thioether (sulfide) groups is 1. The lowest BCUT2D eigenvalue weighted by molar-refractivity contribution is 0.0702. The number of rotatable bonds is 3. The summed E-state index contributed by atoms with van der Waals surface area (Å²) in [6.45, 7) is 2.03. The quantitative estimate of drug-likeness (QED) is 0.805. The topological polar surface area (TPSA) is 37.3 Å². The zero-order valence-corrected chi connectivity index (χ0v) is 13.1. The second-order valence-corrected chi connectivity index (χ2v) is 6.71. The molecule has 0 aliphatic carbocycles. The number of thiophene rings is 1. The SMILES string of the molecule is CSc1sc(C(=O)O)cc1-c1cccc(Br)c1C. The molecular weight excluding hydrogens is 332 g/mol. The summed E-state index contributed by atoms with van der Waals surface area (Å²) in [6, 6.07) is 7.73. The Hall–Kier alpha value is -0.780. The first kappa shape index (κ1) is 13.6. The molecule has 0 amide bonds. The van der Waals surface area contributed by atoms with Gasteiger partial charge in [0.15, 0.2) is 0 Å². The van der Waals surface area contributed by atoms with E-state index in [2.05, 4.69) is 15.9 Å². The molecule has 0 radical (unpaired) electrons. The minimum atomic E-state index is -0.866. The van der Waals surface area contributed by atoms with Gasteiger partial charge in [-0.1, -0.05) is 28.1 Å². The van der Waals surface area contributed by atoms with E-state index >= 15 is 0 Å². The van der Waals surface area contributed by atoms with Crippen molar-refractivity contribution in [1.29, 1.82) is 0 Å². The molecule has 0 aliphatic heterocycles. The molecule has 2 nitrogen and oxygen atoms in total. The van der Waals surface area contributed by atoms with Gasteiger partial charge in [0.2, 0.25) is 0 Å². The number of carboxylic acids is 1. The van der Waals surface area contributed by atoms with E-state index in [1.165, 1.54) is 11.3 Å². The average Bonchev–Trinajstić information content (AvgIpc) is 2.76. The van der Waals surface area contributed by atoms with E-state index in [1.54, 1.807) is 17.8 Å². The van der Waals surface area contributed by atoms with E-state index in [0.717, 1.165) is 25.4 Å². The van der Waals surface area contributed by atoms with Gasteiger partial charge in [0, 0.05) is 10.0 Å². The fourth-order valence-electron chi connectivity index (χ4n) is 1.72. The van der Waals surface area contributed by atoms with E-state index in [-0.39, 0.29) is 0 Å². The van der Waals surface area contributed by atoms with Crippen molar-refractivity contribution in [2.45, 2.75) is 11.1 Å². The van der Waals surface area contributed by atoms with Crippen LogP contribution in [0.1, 0.15) is 15.2 Å². The van der Waals surface area contributed by atoms with E-state index in [4.69, 9.17) is 5.11 Å². The molecule has 94 valence electrons. The molecule has 5 heteroatoms. The molecule has 2 aromatic rings. The summed E-state index contributed by atoms with van der Waals surface area (Å²) >= 11 is 6.41. The average molecular weight is 343 g/mol. The maximum Gasteiger partial charge on any atom is 0.345 e. The third-order valence-electron chi connectivity index (χ3n) is 2.65. The highest BCUT2D eigenvalue weighted by Gasteiger charge is 2.16. The van der Waals surface area contributed by atoms with Crippen LogP contribution in [-0.4, -0.2) is 17.3 Å². The third-order valence-corrected chi connectivity index (χ3v) is 5.77. The monoisotopic (exact) mass is 342 g/mol. The first-order chi connectivity index (χ1) is 8.54. The molecule has 0 saturated heterocycles. The van der Waals surface area contributed by atoms with Crippen LogP contribution in [0.15, 0.2) is 32.9 Å². The van der Waals surface area contributed by atoms with Crippen molar-refractivity contribution < 1.29 is 9.90 Å². The summed E-state index contributed by atoms with van der Waals surface area (Å²) in [4.78, 5) is 11.4. The lowest BCUT2D eigenvalue weighted by Crippen LogP contribution is -1.90. The third kappa shape index (κ3) is 2.48. The van der Waals surface area contributed by atoms with Crippen LogP contribution in [0.3, 0.4) is 0 Å². The fourth-order valence-corrected chi connectivity index (χ4v) is 3.82.